The lowest BCUT2D eigenvalue weighted by Crippen LogP contribution is -2.23. The maximum atomic E-state index is 11.5. The summed E-state index contributed by atoms with van der Waals surface area (Å²) in [5.41, 5.74) is 0. The molecule has 1 N–H and O–H groups in total. The molecule has 6 nitrogen and oxygen atoms in total. The maximum Gasteiger partial charge on any atom is 0.312 e. The molecule has 1 aromatic heterocycles. The number of amides is 1. The van der Waals surface area contributed by atoms with Gasteiger partial charge in [0.05, 0.1) is 12.2 Å². The summed E-state index contributed by atoms with van der Waals surface area (Å²) in [6.45, 7) is 5.27. The molecule has 0 radical (unpaired) electrons. The Balaban J connectivity index is 2.24. The fourth-order valence-corrected chi connectivity index (χ4v) is 1.74. The number of hydrogen-bond acceptors (Lipinski definition) is 5. The average molecular weight is 269 g/mol. The minimum Gasteiger partial charge on any atom is -0.432 e. The van der Waals surface area contributed by atoms with Gasteiger partial charge in [0.2, 0.25) is 0 Å². The molecule has 0 aromatic carbocycles. The van der Waals surface area contributed by atoms with Gasteiger partial charge in [-0.1, -0.05) is 6.58 Å². The summed E-state index contributed by atoms with van der Waals surface area (Å²) >= 11 is 0.975. The van der Waals surface area contributed by atoms with Crippen molar-refractivity contribution in [2.45, 2.75) is 18.5 Å². The number of carbonyl (C=O) groups is 2. The van der Waals surface area contributed by atoms with Crippen LogP contribution in [0.25, 0.3) is 0 Å². The van der Waals surface area contributed by atoms with E-state index < -0.39 is 5.97 Å². The number of aryl methyl sites for hydroxylation is 1. The summed E-state index contributed by atoms with van der Waals surface area (Å²) in [5, 5.41) is 2.93. The van der Waals surface area contributed by atoms with E-state index in [9.17, 15) is 9.59 Å². The van der Waals surface area contributed by atoms with E-state index in [2.05, 4.69) is 16.9 Å². The lowest BCUT2D eigenvalue weighted by atomic mass is 10.4. The molecule has 98 valence electrons. The zero-order chi connectivity index (χ0) is 13.5. The monoisotopic (exact) mass is 269 g/mol. The number of carbonyl (C=O) groups excluding carboxylic acids is 2. The largest absolute Gasteiger partial charge is 0.432 e. The van der Waals surface area contributed by atoms with Crippen molar-refractivity contribution < 1.29 is 14.3 Å². The van der Waals surface area contributed by atoms with Crippen LogP contribution in [0.2, 0.25) is 0 Å². The summed E-state index contributed by atoms with van der Waals surface area (Å²) in [6, 6.07) is 0. The normalized spacial score (nSPS) is 9.89. The average Bonchev–Trinajstić information content (AvgIpc) is 2.63. The van der Waals surface area contributed by atoms with Crippen molar-refractivity contribution in [3.8, 4) is 0 Å². The van der Waals surface area contributed by atoms with Crippen LogP contribution in [-0.2, 0) is 16.6 Å². The molecule has 0 atom stereocenters. The third-order valence-electron chi connectivity index (χ3n) is 1.85. The first-order valence-electron chi connectivity index (χ1n) is 5.28. The highest BCUT2D eigenvalue weighted by molar-refractivity contribution is 8.13. The van der Waals surface area contributed by atoms with Crippen LogP contribution in [0.5, 0.6) is 0 Å². The van der Waals surface area contributed by atoms with Gasteiger partial charge in [0.15, 0.2) is 5.16 Å². The molecule has 0 spiro atoms. The lowest BCUT2D eigenvalue weighted by Gasteiger charge is -2.05. The van der Waals surface area contributed by atoms with Gasteiger partial charge >= 0.3 is 5.97 Å². The van der Waals surface area contributed by atoms with Gasteiger partial charge in [0, 0.05) is 37.7 Å². The number of thioether (sulfide) groups is 1. The fraction of sp³-hybridized carbons (Fsp3) is 0.364. The van der Waals surface area contributed by atoms with E-state index in [-0.39, 0.29) is 18.2 Å². The summed E-state index contributed by atoms with van der Waals surface area (Å²) in [5.74, 6) is -0.0708. The summed E-state index contributed by atoms with van der Waals surface area (Å²) in [4.78, 5) is 26.6. The van der Waals surface area contributed by atoms with Gasteiger partial charge in [0.1, 0.15) is 0 Å². The van der Waals surface area contributed by atoms with E-state index in [0.29, 0.717) is 10.9 Å². The smallest absolute Gasteiger partial charge is 0.312 e. The van der Waals surface area contributed by atoms with Crippen LogP contribution in [0.1, 0.15) is 13.3 Å². The van der Waals surface area contributed by atoms with Crippen molar-refractivity contribution in [2.75, 3.05) is 6.54 Å². The Morgan fingerprint density at radius 2 is 2.33 bits per heavy atom. The van der Waals surface area contributed by atoms with E-state index in [0.717, 1.165) is 11.8 Å². The number of nitrogens with one attached hydrogen (secondary N) is 1. The first kappa shape index (κ1) is 14.3. The minimum atomic E-state index is -0.412. The van der Waals surface area contributed by atoms with Gasteiger partial charge in [-0.15, -0.1) is 0 Å². The van der Waals surface area contributed by atoms with E-state index >= 15 is 0 Å². The number of hydrogen-bond donors (Lipinski definition) is 1. The van der Waals surface area contributed by atoms with E-state index in [1.165, 1.54) is 0 Å². The first-order valence-corrected chi connectivity index (χ1v) is 6.10. The Hall–Kier alpha value is -1.76. The van der Waals surface area contributed by atoms with Crippen LogP contribution >= 0.6 is 11.8 Å². The second-order valence-corrected chi connectivity index (χ2v) is 4.50. The predicted octanol–water partition coefficient (Wildman–Crippen LogP) is 1.69. The molecule has 0 saturated carbocycles. The molecule has 0 bridgehead atoms. The lowest BCUT2D eigenvalue weighted by molar-refractivity contribution is -0.139. The zero-order valence-electron chi connectivity index (χ0n) is 10.3. The molecular formula is C11H15N3O3S. The molecule has 1 rings (SSSR count). The molecule has 7 heteroatoms. The molecule has 18 heavy (non-hydrogen) atoms. The Kier molecular flexibility index (Phi) is 5.44. The second-order valence-electron chi connectivity index (χ2n) is 3.56. The highest BCUT2D eigenvalue weighted by atomic mass is 32.2. The summed E-state index contributed by atoms with van der Waals surface area (Å²) in [7, 11) is 1.80. The molecule has 0 aliphatic heterocycles. The van der Waals surface area contributed by atoms with Crippen molar-refractivity contribution in [3.05, 3.63) is 24.7 Å². The molecule has 0 aliphatic rings. The topological polar surface area (TPSA) is 73.2 Å². The van der Waals surface area contributed by atoms with Crippen molar-refractivity contribution in [1.82, 2.24) is 14.9 Å². The molecule has 0 saturated heterocycles. The molecule has 0 aliphatic carbocycles. The van der Waals surface area contributed by atoms with Gasteiger partial charge in [-0.3, -0.25) is 9.59 Å². The van der Waals surface area contributed by atoms with Crippen LogP contribution in [-0.4, -0.2) is 27.3 Å². The van der Waals surface area contributed by atoms with Crippen LogP contribution in [0, 0.1) is 0 Å². The molecule has 1 heterocycles. The second kappa shape index (κ2) is 6.85. The molecule has 0 fully saturated rings. The van der Waals surface area contributed by atoms with Gasteiger partial charge in [-0.05, 0) is 6.92 Å². The van der Waals surface area contributed by atoms with Gasteiger partial charge in [0.25, 0.3) is 5.24 Å². The number of nitrogens with zero attached hydrogens (tertiary/aromatic N) is 2. The maximum absolute atomic E-state index is 11.5. The highest BCUT2D eigenvalue weighted by Gasteiger charge is 2.09. The quantitative estimate of drug-likeness (QED) is 0.500. The van der Waals surface area contributed by atoms with Gasteiger partial charge < -0.3 is 14.6 Å². The Morgan fingerprint density at radius 1 is 1.61 bits per heavy atom. The first-order chi connectivity index (χ1) is 8.49. The number of aromatic nitrogens is 2. The zero-order valence-corrected chi connectivity index (χ0v) is 11.1. The number of rotatable bonds is 5. The SMILES string of the molecule is C=C(C)OC(=O)CCNC(=O)Sc1nccn1C. The fourth-order valence-electron chi connectivity index (χ4n) is 1.08. The van der Waals surface area contributed by atoms with Crippen LogP contribution in [0.15, 0.2) is 29.9 Å². The van der Waals surface area contributed by atoms with Crippen molar-refractivity contribution in [1.29, 1.82) is 0 Å². The Bertz CT molecular complexity index is 456. The third-order valence-corrected chi connectivity index (χ3v) is 2.75. The molecular weight excluding hydrogens is 254 g/mol. The predicted molar refractivity (Wildman–Crippen MR) is 68.0 cm³/mol. The summed E-state index contributed by atoms with van der Waals surface area (Å²) < 4.78 is 6.48. The van der Waals surface area contributed by atoms with Crippen LogP contribution in [0.3, 0.4) is 0 Å². The highest BCUT2D eigenvalue weighted by Crippen LogP contribution is 2.14. The number of ether oxygens (including phenoxy) is 1. The number of allylic oxidation sites excluding steroid dienone is 1. The number of imidazole rings is 1. The van der Waals surface area contributed by atoms with E-state index in [4.69, 9.17) is 4.74 Å². The van der Waals surface area contributed by atoms with Crippen molar-refractivity contribution in [3.63, 3.8) is 0 Å². The molecule has 0 unspecified atom stereocenters. The van der Waals surface area contributed by atoms with Crippen LogP contribution in [0.4, 0.5) is 4.79 Å². The Morgan fingerprint density at radius 3 is 2.89 bits per heavy atom. The molecule has 1 aromatic rings. The molecule has 1 amide bonds. The van der Waals surface area contributed by atoms with E-state index in [1.54, 1.807) is 30.9 Å². The van der Waals surface area contributed by atoms with Crippen molar-refractivity contribution >= 4 is 23.0 Å². The van der Waals surface area contributed by atoms with Crippen LogP contribution < -0.4 is 5.32 Å². The number of esters is 1. The standard InChI is InChI=1S/C11H15N3O3S/c1-8(2)17-9(15)4-5-13-11(16)18-10-12-6-7-14(10)3/h6-7H,1,4-5H2,2-3H3,(H,13,16). The minimum absolute atomic E-state index is 0.111. The Labute approximate surface area is 109 Å². The summed E-state index contributed by atoms with van der Waals surface area (Å²) in [6.07, 6.45) is 3.47. The van der Waals surface area contributed by atoms with Crippen molar-refractivity contribution in [2.24, 2.45) is 7.05 Å². The van der Waals surface area contributed by atoms with E-state index in [1.807, 2.05) is 0 Å². The van der Waals surface area contributed by atoms with Gasteiger partial charge in [-0.2, -0.15) is 0 Å². The van der Waals surface area contributed by atoms with Gasteiger partial charge in [-0.25, -0.2) is 4.98 Å². The third kappa shape index (κ3) is 5.05.